The Morgan fingerprint density at radius 1 is 0.903 bits per heavy atom. The molecule has 4 aromatic rings. The lowest BCUT2D eigenvalue weighted by atomic mass is 10.0. The normalized spacial score (nSPS) is 11.2. The van der Waals surface area contributed by atoms with Crippen LogP contribution in [0, 0.1) is 0 Å². The van der Waals surface area contributed by atoms with Gasteiger partial charge in [0.05, 0.1) is 11.9 Å². The zero-order valence-electron chi connectivity index (χ0n) is 17.5. The first-order valence-corrected chi connectivity index (χ1v) is 10.2. The van der Waals surface area contributed by atoms with Crippen LogP contribution in [0.2, 0.25) is 0 Å². The van der Waals surface area contributed by atoms with Crippen LogP contribution in [0.15, 0.2) is 90.0 Å². The Kier molecular flexibility index (Phi) is 6.03. The summed E-state index contributed by atoms with van der Waals surface area (Å²) in [6, 6.07) is 28.1. The number of nitrogens with zero attached hydrogens (tertiary/aromatic N) is 2. The third-order valence-electron chi connectivity index (χ3n) is 5.09. The van der Waals surface area contributed by atoms with E-state index in [9.17, 15) is 4.79 Å². The summed E-state index contributed by atoms with van der Waals surface area (Å²) in [4.78, 5) is 12.4. The van der Waals surface area contributed by atoms with Crippen molar-refractivity contribution >= 4 is 12.1 Å². The Morgan fingerprint density at radius 2 is 1.55 bits per heavy atom. The number of carbonyl (C=O) groups excluding carboxylic acids is 1. The highest BCUT2D eigenvalue weighted by atomic mass is 16.2. The predicted molar refractivity (Wildman–Crippen MR) is 125 cm³/mol. The average Bonchev–Trinajstić information content (AvgIpc) is 3.31. The van der Waals surface area contributed by atoms with E-state index in [2.05, 4.69) is 58.8 Å². The number of carbonyl (C=O) groups is 1. The van der Waals surface area contributed by atoms with Crippen LogP contribution in [0.25, 0.3) is 22.4 Å². The second-order valence-corrected chi connectivity index (χ2v) is 7.63. The van der Waals surface area contributed by atoms with Crippen molar-refractivity contribution in [1.29, 1.82) is 0 Å². The number of H-pyrrole nitrogens is 1. The summed E-state index contributed by atoms with van der Waals surface area (Å²) in [6.07, 6.45) is 1.63. The van der Waals surface area contributed by atoms with E-state index < -0.39 is 0 Å². The molecule has 2 N–H and O–H groups in total. The molecule has 1 heterocycles. The molecule has 0 saturated carbocycles. The molecule has 0 aliphatic carbocycles. The quantitative estimate of drug-likeness (QED) is 0.321. The van der Waals surface area contributed by atoms with E-state index >= 15 is 0 Å². The van der Waals surface area contributed by atoms with Crippen LogP contribution in [0.5, 0.6) is 0 Å². The van der Waals surface area contributed by atoms with Gasteiger partial charge in [0.1, 0.15) is 5.69 Å². The lowest BCUT2D eigenvalue weighted by Gasteiger charge is -2.04. The zero-order chi connectivity index (χ0) is 21.6. The van der Waals surface area contributed by atoms with E-state index in [1.807, 2.05) is 54.6 Å². The van der Waals surface area contributed by atoms with Gasteiger partial charge in [0.15, 0.2) is 0 Å². The van der Waals surface area contributed by atoms with Crippen molar-refractivity contribution in [2.45, 2.75) is 19.8 Å². The smallest absolute Gasteiger partial charge is 0.272 e. The minimum atomic E-state index is -0.338. The van der Waals surface area contributed by atoms with E-state index in [1.54, 1.807) is 12.3 Å². The largest absolute Gasteiger partial charge is 0.289 e. The van der Waals surface area contributed by atoms with Crippen LogP contribution in [0.4, 0.5) is 0 Å². The minimum absolute atomic E-state index is 0.338. The standard InChI is InChI=1S/C26H24N4O/c1-18(2)20-10-8-19(9-11-20)17-27-30-26(31)25-16-24(28-29-25)23-14-12-22(13-15-23)21-6-4-3-5-7-21/h3-18H,1-2H3,(H,28,29)(H,30,31)/b27-17-. The fraction of sp³-hybridized carbons (Fsp3) is 0.115. The molecule has 0 unspecified atom stereocenters. The molecule has 0 bridgehead atoms. The number of aromatic nitrogens is 2. The van der Waals surface area contributed by atoms with Crippen molar-refractivity contribution in [2.24, 2.45) is 5.10 Å². The Balaban J connectivity index is 1.39. The molecule has 31 heavy (non-hydrogen) atoms. The average molecular weight is 409 g/mol. The fourth-order valence-electron chi connectivity index (χ4n) is 3.24. The van der Waals surface area contributed by atoms with Gasteiger partial charge in [-0.15, -0.1) is 0 Å². The van der Waals surface area contributed by atoms with Crippen LogP contribution < -0.4 is 5.43 Å². The third kappa shape index (κ3) is 4.95. The maximum Gasteiger partial charge on any atom is 0.289 e. The predicted octanol–water partition coefficient (Wildman–Crippen LogP) is 5.63. The zero-order valence-corrected chi connectivity index (χ0v) is 17.5. The Morgan fingerprint density at radius 3 is 2.23 bits per heavy atom. The van der Waals surface area contributed by atoms with Crippen molar-refractivity contribution < 1.29 is 4.79 Å². The SMILES string of the molecule is CC(C)c1ccc(/C=N\NC(=O)c2cc(-c3ccc(-c4ccccc4)cc3)n[nH]2)cc1. The Bertz CT molecular complexity index is 1170. The lowest BCUT2D eigenvalue weighted by Crippen LogP contribution is -2.18. The summed E-state index contributed by atoms with van der Waals surface area (Å²) >= 11 is 0. The number of benzene rings is 3. The molecule has 1 amide bonds. The minimum Gasteiger partial charge on any atom is -0.272 e. The van der Waals surface area contributed by atoms with Crippen LogP contribution in [0.1, 0.15) is 41.4 Å². The summed E-state index contributed by atoms with van der Waals surface area (Å²) in [6.45, 7) is 4.30. The van der Waals surface area contributed by atoms with Crippen molar-refractivity contribution in [1.82, 2.24) is 15.6 Å². The molecular formula is C26H24N4O. The summed E-state index contributed by atoms with van der Waals surface area (Å²) in [5.41, 5.74) is 9.02. The second-order valence-electron chi connectivity index (χ2n) is 7.63. The van der Waals surface area contributed by atoms with Crippen molar-refractivity contribution in [3.05, 3.63) is 102 Å². The lowest BCUT2D eigenvalue weighted by molar-refractivity contribution is 0.0950. The molecular weight excluding hydrogens is 384 g/mol. The number of hydrogen-bond donors (Lipinski definition) is 2. The monoisotopic (exact) mass is 408 g/mol. The number of hydrazone groups is 1. The van der Waals surface area contributed by atoms with Crippen LogP contribution in [0.3, 0.4) is 0 Å². The maximum atomic E-state index is 12.4. The fourth-order valence-corrected chi connectivity index (χ4v) is 3.24. The van der Waals surface area contributed by atoms with Gasteiger partial charge >= 0.3 is 0 Å². The number of amides is 1. The summed E-state index contributed by atoms with van der Waals surface area (Å²) in [7, 11) is 0. The maximum absolute atomic E-state index is 12.4. The number of aromatic amines is 1. The van der Waals surface area contributed by atoms with Crippen LogP contribution in [-0.2, 0) is 0 Å². The molecule has 5 heteroatoms. The molecule has 0 aliphatic rings. The molecule has 4 rings (SSSR count). The molecule has 3 aromatic carbocycles. The van der Waals surface area contributed by atoms with Gasteiger partial charge in [0.25, 0.3) is 5.91 Å². The van der Waals surface area contributed by atoms with Gasteiger partial charge in [-0.3, -0.25) is 9.89 Å². The number of nitrogens with one attached hydrogen (secondary N) is 2. The highest BCUT2D eigenvalue weighted by Gasteiger charge is 2.10. The highest BCUT2D eigenvalue weighted by molar-refractivity contribution is 5.94. The number of hydrogen-bond acceptors (Lipinski definition) is 3. The molecule has 0 fully saturated rings. The van der Waals surface area contributed by atoms with Gasteiger partial charge in [-0.25, -0.2) is 5.43 Å². The first-order valence-electron chi connectivity index (χ1n) is 10.2. The van der Waals surface area contributed by atoms with Crippen LogP contribution in [-0.4, -0.2) is 22.3 Å². The van der Waals surface area contributed by atoms with Gasteiger partial charge in [-0.2, -0.15) is 10.2 Å². The van der Waals surface area contributed by atoms with E-state index in [4.69, 9.17) is 0 Å². The Labute approximate surface area is 181 Å². The third-order valence-corrected chi connectivity index (χ3v) is 5.09. The molecule has 154 valence electrons. The summed E-state index contributed by atoms with van der Waals surface area (Å²) in [5.74, 6) is 0.143. The summed E-state index contributed by atoms with van der Waals surface area (Å²) < 4.78 is 0. The van der Waals surface area contributed by atoms with E-state index in [0.29, 0.717) is 17.3 Å². The highest BCUT2D eigenvalue weighted by Crippen LogP contribution is 2.24. The molecule has 0 saturated heterocycles. The summed E-state index contributed by atoms with van der Waals surface area (Å²) in [5, 5.41) is 11.1. The van der Waals surface area contributed by atoms with Crippen molar-refractivity contribution in [3.8, 4) is 22.4 Å². The molecule has 5 nitrogen and oxygen atoms in total. The van der Waals surface area contributed by atoms with Crippen LogP contribution >= 0.6 is 0 Å². The molecule has 1 aromatic heterocycles. The van der Waals surface area contributed by atoms with Gasteiger partial charge in [-0.05, 0) is 34.2 Å². The topological polar surface area (TPSA) is 70.1 Å². The first-order chi connectivity index (χ1) is 15.1. The van der Waals surface area contributed by atoms with E-state index in [0.717, 1.165) is 22.3 Å². The Hall–Kier alpha value is -3.99. The van der Waals surface area contributed by atoms with Gasteiger partial charge in [0, 0.05) is 5.56 Å². The molecule has 0 radical (unpaired) electrons. The van der Waals surface area contributed by atoms with Crippen molar-refractivity contribution in [3.63, 3.8) is 0 Å². The van der Waals surface area contributed by atoms with Gasteiger partial charge in [0.2, 0.25) is 0 Å². The van der Waals surface area contributed by atoms with Crippen molar-refractivity contribution in [2.75, 3.05) is 0 Å². The second kappa shape index (κ2) is 9.22. The molecule has 0 aliphatic heterocycles. The number of rotatable bonds is 6. The molecule has 0 spiro atoms. The molecule has 0 atom stereocenters. The van der Waals surface area contributed by atoms with Gasteiger partial charge < -0.3 is 0 Å². The van der Waals surface area contributed by atoms with E-state index in [1.165, 1.54) is 5.56 Å². The van der Waals surface area contributed by atoms with E-state index in [-0.39, 0.29) is 5.91 Å². The first kappa shape index (κ1) is 20.3. The van der Waals surface area contributed by atoms with Gasteiger partial charge in [-0.1, -0.05) is 92.7 Å².